The fourth-order valence-electron chi connectivity index (χ4n) is 5.86. The van der Waals surface area contributed by atoms with E-state index in [1.54, 1.807) is 11.3 Å². The van der Waals surface area contributed by atoms with Gasteiger partial charge in [0.2, 0.25) is 0 Å². The molecule has 0 saturated heterocycles. The van der Waals surface area contributed by atoms with Gasteiger partial charge < -0.3 is 0 Å². The molecule has 0 spiro atoms. The number of hydrogen-bond donors (Lipinski definition) is 0. The van der Waals surface area contributed by atoms with Gasteiger partial charge in [0.25, 0.3) is 0 Å². The van der Waals surface area contributed by atoms with E-state index in [0.717, 1.165) is 40.4 Å². The summed E-state index contributed by atoms with van der Waals surface area (Å²) in [5.41, 5.74) is 0.414. The average molecular weight is 353 g/mol. The van der Waals surface area contributed by atoms with Gasteiger partial charge in [-0.2, -0.15) is 0 Å². The Morgan fingerprint density at radius 1 is 1.30 bits per heavy atom. The zero-order chi connectivity index (χ0) is 14.1. The molecule has 0 radical (unpaired) electrons. The van der Waals surface area contributed by atoms with Gasteiger partial charge in [0.15, 0.2) is 5.78 Å². The normalized spacial score (nSPS) is 42.1. The minimum atomic E-state index is -0.0291. The molecular weight excluding hydrogens is 332 g/mol. The van der Waals surface area contributed by atoms with Crippen LogP contribution in [0.25, 0.3) is 0 Å². The van der Waals surface area contributed by atoms with Gasteiger partial charge in [0.05, 0.1) is 4.88 Å². The fourth-order valence-corrected chi connectivity index (χ4v) is 7.75. The maximum absolute atomic E-state index is 13.3. The quantitative estimate of drug-likeness (QED) is 0.632. The third kappa shape index (κ3) is 1.89. The summed E-state index contributed by atoms with van der Waals surface area (Å²) in [5.74, 6) is 2.07. The van der Waals surface area contributed by atoms with Gasteiger partial charge >= 0.3 is 0 Å². The second-order valence-electron chi connectivity index (χ2n) is 7.92. The number of ketones is 1. The van der Waals surface area contributed by atoms with Crippen molar-refractivity contribution in [1.82, 2.24) is 0 Å². The van der Waals surface area contributed by atoms with Gasteiger partial charge in [-0.15, -0.1) is 11.3 Å². The van der Waals surface area contributed by atoms with E-state index in [0.29, 0.717) is 11.2 Å². The van der Waals surface area contributed by atoms with Crippen LogP contribution in [0.2, 0.25) is 0 Å². The third-order valence-electron chi connectivity index (χ3n) is 5.85. The number of halogens is 1. The highest BCUT2D eigenvalue weighted by atomic mass is 79.9. The molecule has 2 unspecified atom stereocenters. The largest absolute Gasteiger partial charge is 0.293 e. The van der Waals surface area contributed by atoms with Crippen molar-refractivity contribution in [2.24, 2.45) is 22.7 Å². The molecule has 4 fully saturated rings. The second-order valence-corrected chi connectivity index (χ2v) is 10.0. The zero-order valence-electron chi connectivity index (χ0n) is 12.2. The maximum atomic E-state index is 13.3. The summed E-state index contributed by atoms with van der Waals surface area (Å²) in [4.78, 5) is 15.5. The monoisotopic (exact) mass is 352 g/mol. The Labute approximate surface area is 133 Å². The Balaban J connectivity index is 1.74. The summed E-state index contributed by atoms with van der Waals surface area (Å²) in [7, 11) is 0. The van der Waals surface area contributed by atoms with Crippen LogP contribution < -0.4 is 0 Å². The zero-order valence-corrected chi connectivity index (χ0v) is 14.6. The Hall–Kier alpha value is -0.150. The molecule has 2 atom stereocenters. The van der Waals surface area contributed by atoms with Gasteiger partial charge in [0.1, 0.15) is 0 Å². The highest BCUT2D eigenvalue weighted by molar-refractivity contribution is 9.10. The van der Waals surface area contributed by atoms with Crippen LogP contribution in [0, 0.1) is 29.6 Å². The van der Waals surface area contributed by atoms with Gasteiger partial charge in [-0.1, -0.05) is 6.92 Å². The lowest BCUT2D eigenvalue weighted by Gasteiger charge is -2.60. The summed E-state index contributed by atoms with van der Waals surface area (Å²) in [6.07, 6.45) is 7.55. The van der Waals surface area contributed by atoms with Gasteiger partial charge in [-0.3, -0.25) is 4.79 Å². The first-order valence-corrected chi connectivity index (χ1v) is 9.31. The van der Waals surface area contributed by atoms with Crippen LogP contribution in [0.4, 0.5) is 0 Å². The van der Waals surface area contributed by atoms with Crippen molar-refractivity contribution < 1.29 is 4.79 Å². The van der Waals surface area contributed by atoms with Crippen molar-refractivity contribution in [2.75, 3.05) is 0 Å². The Morgan fingerprint density at radius 2 is 1.95 bits per heavy atom. The van der Waals surface area contributed by atoms with E-state index >= 15 is 0 Å². The summed E-state index contributed by atoms with van der Waals surface area (Å²) >= 11 is 5.27. The molecule has 4 bridgehead atoms. The number of aryl methyl sites for hydroxylation is 1. The van der Waals surface area contributed by atoms with Crippen molar-refractivity contribution in [2.45, 2.75) is 52.4 Å². The summed E-state index contributed by atoms with van der Waals surface area (Å²) in [6, 6.07) is 2.10. The van der Waals surface area contributed by atoms with E-state index in [-0.39, 0.29) is 5.41 Å². The lowest BCUT2D eigenvalue weighted by atomic mass is 9.44. The molecule has 0 aromatic carbocycles. The molecule has 0 N–H and O–H groups in total. The highest BCUT2D eigenvalue weighted by Crippen LogP contribution is 2.66. The van der Waals surface area contributed by atoms with Gasteiger partial charge in [0, 0.05) is 14.8 Å². The van der Waals surface area contributed by atoms with Crippen molar-refractivity contribution in [3.63, 3.8) is 0 Å². The van der Waals surface area contributed by atoms with E-state index in [1.807, 2.05) is 0 Å². The maximum Gasteiger partial charge on any atom is 0.180 e. The van der Waals surface area contributed by atoms with Crippen molar-refractivity contribution >= 4 is 33.0 Å². The summed E-state index contributed by atoms with van der Waals surface area (Å²) in [5, 5.41) is 0. The van der Waals surface area contributed by atoms with Gasteiger partial charge in [-0.05, 0) is 84.7 Å². The van der Waals surface area contributed by atoms with Crippen LogP contribution in [0.15, 0.2) is 10.5 Å². The minimum Gasteiger partial charge on any atom is -0.293 e. The minimum absolute atomic E-state index is 0.0291. The number of carbonyl (C=O) groups excluding carboxylic acids is 1. The standard InChI is InChI=1S/C17H21BrOS/c1-10-3-13(18)14(20-10)15(19)17-7-11-4-12(8-17)6-16(2,5-11)9-17/h3,11-12H,4-9H2,1-2H3. The topological polar surface area (TPSA) is 17.1 Å². The van der Waals surface area contributed by atoms with Crippen LogP contribution >= 0.6 is 27.3 Å². The van der Waals surface area contributed by atoms with Gasteiger partial charge in [-0.25, -0.2) is 0 Å². The number of rotatable bonds is 2. The van der Waals surface area contributed by atoms with E-state index in [2.05, 4.69) is 35.8 Å². The molecule has 20 heavy (non-hydrogen) atoms. The predicted octanol–water partition coefficient (Wildman–Crippen LogP) is 5.61. The Morgan fingerprint density at radius 3 is 2.45 bits per heavy atom. The first-order chi connectivity index (χ1) is 9.39. The van der Waals surface area contributed by atoms with E-state index < -0.39 is 0 Å². The number of Topliss-reactive ketones (excluding diaryl/α,β-unsaturated/α-hetero) is 1. The summed E-state index contributed by atoms with van der Waals surface area (Å²) in [6.45, 7) is 4.52. The van der Waals surface area contributed by atoms with Crippen molar-refractivity contribution in [1.29, 1.82) is 0 Å². The highest BCUT2D eigenvalue weighted by Gasteiger charge is 2.59. The lowest BCUT2D eigenvalue weighted by molar-refractivity contribution is -0.0819. The third-order valence-corrected chi connectivity index (χ3v) is 7.79. The number of thiophene rings is 1. The van der Waals surface area contributed by atoms with Crippen LogP contribution in [0.1, 0.15) is 60.0 Å². The Bertz CT molecular complexity index is 574. The van der Waals surface area contributed by atoms with Crippen molar-refractivity contribution in [3.8, 4) is 0 Å². The van der Waals surface area contributed by atoms with E-state index in [4.69, 9.17) is 0 Å². The molecule has 4 saturated carbocycles. The smallest absolute Gasteiger partial charge is 0.180 e. The molecule has 0 aliphatic heterocycles. The molecule has 0 amide bonds. The van der Waals surface area contributed by atoms with E-state index in [9.17, 15) is 4.79 Å². The van der Waals surface area contributed by atoms with Crippen LogP contribution in [0.3, 0.4) is 0 Å². The molecule has 1 heterocycles. The molecule has 4 aliphatic carbocycles. The molecule has 1 aromatic rings. The molecular formula is C17H21BrOS. The molecule has 3 heteroatoms. The number of carbonyl (C=O) groups is 1. The molecule has 108 valence electrons. The molecule has 5 rings (SSSR count). The fraction of sp³-hybridized carbons (Fsp3) is 0.706. The van der Waals surface area contributed by atoms with Crippen LogP contribution in [-0.4, -0.2) is 5.78 Å². The first-order valence-electron chi connectivity index (χ1n) is 7.70. The predicted molar refractivity (Wildman–Crippen MR) is 86.3 cm³/mol. The molecule has 1 nitrogen and oxygen atoms in total. The molecule has 1 aromatic heterocycles. The molecule has 4 aliphatic rings. The number of hydrogen-bond acceptors (Lipinski definition) is 2. The van der Waals surface area contributed by atoms with E-state index in [1.165, 1.54) is 24.1 Å². The SMILES string of the molecule is Cc1cc(Br)c(C(=O)C23CC4CC(CC(C)(C4)C2)C3)s1. The van der Waals surface area contributed by atoms with Crippen molar-refractivity contribution in [3.05, 3.63) is 20.3 Å². The van der Waals surface area contributed by atoms with Crippen LogP contribution in [0.5, 0.6) is 0 Å². The van der Waals surface area contributed by atoms with Crippen LogP contribution in [-0.2, 0) is 0 Å². The average Bonchev–Trinajstić information content (AvgIpc) is 2.64. The first kappa shape index (κ1) is 13.5. The Kier molecular flexibility index (Phi) is 2.83. The second kappa shape index (κ2) is 4.19. The summed E-state index contributed by atoms with van der Waals surface area (Å²) < 4.78 is 1.02. The lowest BCUT2D eigenvalue weighted by Crippen LogP contribution is -2.53.